The number of nitrogens with one attached hydrogen (secondary N) is 2. The zero-order valence-corrected chi connectivity index (χ0v) is 11.2. The van der Waals surface area contributed by atoms with Gasteiger partial charge in [-0.3, -0.25) is 10.1 Å². The first-order chi connectivity index (χ1) is 8.49. The van der Waals surface area contributed by atoms with Gasteiger partial charge in [0.1, 0.15) is 0 Å². The molecule has 0 saturated carbocycles. The molecular formula is C13H20N4O. The van der Waals surface area contributed by atoms with Crippen molar-refractivity contribution in [2.75, 3.05) is 18.4 Å². The third-order valence-electron chi connectivity index (χ3n) is 3.35. The number of amides is 1. The number of piperidine rings is 1. The van der Waals surface area contributed by atoms with Gasteiger partial charge in [-0.15, -0.1) is 0 Å². The molecule has 2 rings (SSSR count). The molecule has 1 aliphatic rings. The summed E-state index contributed by atoms with van der Waals surface area (Å²) in [5, 5.41) is 6.10. The molecule has 1 saturated heterocycles. The minimum atomic E-state index is -0.362. The van der Waals surface area contributed by atoms with E-state index in [2.05, 4.69) is 20.6 Å². The van der Waals surface area contributed by atoms with E-state index in [0.29, 0.717) is 12.5 Å². The van der Waals surface area contributed by atoms with Gasteiger partial charge >= 0.3 is 0 Å². The number of hydrogen-bond donors (Lipinski definition) is 2. The van der Waals surface area contributed by atoms with Gasteiger partial charge in [0.25, 0.3) is 0 Å². The summed E-state index contributed by atoms with van der Waals surface area (Å²) in [6, 6.07) is 1.89. The molecule has 5 nitrogen and oxygen atoms in total. The summed E-state index contributed by atoms with van der Waals surface area (Å²) < 4.78 is 0. The summed E-state index contributed by atoms with van der Waals surface area (Å²) in [7, 11) is 0. The van der Waals surface area contributed by atoms with Gasteiger partial charge < -0.3 is 5.32 Å². The number of aryl methyl sites for hydroxylation is 2. The van der Waals surface area contributed by atoms with Crippen LogP contribution in [0.4, 0.5) is 5.95 Å². The number of carbonyl (C=O) groups excluding carboxylic acids is 1. The second-order valence-electron chi connectivity index (χ2n) is 5.27. The quantitative estimate of drug-likeness (QED) is 0.830. The van der Waals surface area contributed by atoms with Gasteiger partial charge in [0.15, 0.2) is 0 Å². The largest absolute Gasteiger partial charge is 0.316 e. The first-order valence-electron chi connectivity index (χ1n) is 6.34. The molecule has 1 atom stereocenters. The molecule has 98 valence electrons. The zero-order chi connectivity index (χ0) is 13.2. The van der Waals surface area contributed by atoms with Crippen LogP contribution in [0.15, 0.2) is 6.07 Å². The van der Waals surface area contributed by atoms with Crippen LogP contribution in [-0.2, 0) is 4.79 Å². The van der Waals surface area contributed by atoms with E-state index in [0.717, 1.165) is 30.8 Å². The molecular weight excluding hydrogens is 228 g/mol. The lowest BCUT2D eigenvalue weighted by atomic mass is 9.82. The number of rotatable bonds is 2. The Morgan fingerprint density at radius 1 is 1.39 bits per heavy atom. The number of carbonyl (C=O) groups is 1. The predicted molar refractivity (Wildman–Crippen MR) is 70.3 cm³/mol. The van der Waals surface area contributed by atoms with Gasteiger partial charge in [-0.2, -0.15) is 0 Å². The molecule has 1 fully saturated rings. The molecule has 2 heterocycles. The zero-order valence-electron chi connectivity index (χ0n) is 11.2. The fraction of sp³-hybridized carbons (Fsp3) is 0.615. The topological polar surface area (TPSA) is 66.9 Å². The average molecular weight is 248 g/mol. The van der Waals surface area contributed by atoms with Crippen LogP contribution in [0.2, 0.25) is 0 Å². The summed E-state index contributed by atoms with van der Waals surface area (Å²) >= 11 is 0. The van der Waals surface area contributed by atoms with Gasteiger partial charge in [0, 0.05) is 17.9 Å². The smallest absolute Gasteiger partial charge is 0.233 e. The minimum Gasteiger partial charge on any atom is -0.316 e. The maximum Gasteiger partial charge on any atom is 0.233 e. The fourth-order valence-electron chi connectivity index (χ4n) is 2.28. The van der Waals surface area contributed by atoms with E-state index in [1.165, 1.54) is 0 Å². The molecule has 0 aliphatic carbocycles. The maximum atomic E-state index is 12.3. The van der Waals surface area contributed by atoms with Crippen LogP contribution in [0.3, 0.4) is 0 Å². The molecule has 0 aromatic carbocycles. The van der Waals surface area contributed by atoms with Crippen LogP contribution in [0.25, 0.3) is 0 Å². The maximum absolute atomic E-state index is 12.3. The van der Waals surface area contributed by atoms with Crippen LogP contribution in [-0.4, -0.2) is 29.0 Å². The van der Waals surface area contributed by atoms with E-state index in [1.807, 2.05) is 26.8 Å². The summed E-state index contributed by atoms with van der Waals surface area (Å²) in [5.41, 5.74) is 1.37. The van der Waals surface area contributed by atoms with E-state index in [4.69, 9.17) is 0 Å². The van der Waals surface area contributed by atoms with E-state index < -0.39 is 0 Å². The minimum absolute atomic E-state index is 0.000278. The number of anilines is 1. The van der Waals surface area contributed by atoms with E-state index in [-0.39, 0.29) is 11.3 Å². The molecule has 1 unspecified atom stereocenters. The molecule has 5 heteroatoms. The van der Waals surface area contributed by atoms with E-state index >= 15 is 0 Å². The molecule has 0 radical (unpaired) electrons. The van der Waals surface area contributed by atoms with Crippen molar-refractivity contribution in [3.05, 3.63) is 17.5 Å². The van der Waals surface area contributed by atoms with E-state index in [1.54, 1.807) is 0 Å². The van der Waals surface area contributed by atoms with Crippen LogP contribution in [0, 0.1) is 19.3 Å². The van der Waals surface area contributed by atoms with Crippen molar-refractivity contribution >= 4 is 11.9 Å². The van der Waals surface area contributed by atoms with Gasteiger partial charge in [-0.05, 0) is 46.2 Å². The lowest BCUT2D eigenvalue weighted by Crippen LogP contribution is -2.46. The van der Waals surface area contributed by atoms with Gasteiger partial charge in [-0.1, -0.05) is 0 Å². The molecule has 0 spiro atoms. The summed E-state index contributed by atoms with van der Waals surface area (Å²) in [5.74, 6) is 0.406. The third kappa shape index (κ3) is 2.85. The van der Waals surface area contributed by atoms with Crippen molar-refractivity contribution in [2.24, 2.45) is 5.41 Å². The lowest BCUT2D eigenvalue weighted by Gasteiger charge is -2.32. The Balaban J connectivity index is 2.10. The highest BCUT2D eigenvalue weighted by atomic mass is 16.2. The summed E-state index contributed by atoms with van der Waals surface area (Å²) in [6.07, 6.45) is 1.92. The first kappa shape index (κ1) is 13.0. The molecule has 1 aromatic rings. The predicted octanol–water partition coefficient (Wildman–Crippen LogP) is 1.42. The molecule has 1 aromatic heterocycles. The van der Waals surface area contributed by atoms with Crippen molar-refractivity contribution < 1.29 is 4.79 Å². The van der Waals surface area contributed by atoms with Crippen LogP contribution in [0.1, 0.15) is 31.2 Å². The molecule has 0 bridgehead atoms. The number of hydrogen-bond acceptors (Lipinski definition) is 4. The molecule has 1 amide bonds. The van der Waals surface area contributed by atoms with Crippen LogP contribution < -0.4 is 10.6 Å². The first-order valence-corrected chi connectivity index (χ1v) is 6.34. The number of nitrogens with zero attached hydrogens (tertiary/aromatic N) is 2. The second kappa shape index (κ2) is 5.02. The highest BCUT2D eigenvalue weighted by molar-refractivity contribution is 5.93. The highest BCUT2D eigenvalue weighted by Gasteiger charge is 2.34. The van der Waals surface area contributed by atoms with Gasteiger partial charge in [-0.25, -0.2) is 9.97 Å². The van der Waals surface area contributed by atoms with Gasteiger partial charge in [0.05, 0.1) is 5.41 Å². The Morgan fingerprint density at radius 3 is 2.61 bits per heavy atom. The lowest BCUT2D eigenvalue weighted by molar-refractivity contribution is -0.125. The molecule has 18 heavy (non-hydrogen) atoms. The Kier molecular flexibility index (Phi) is 3.61. The second-order valence-corrected chi connectivity index (χ2v) is 5.27. The Hall–Kier alpha value is -1.49. The van der Waals surface area contributed by atoms with Crippen molar-refractivity contribution in [2.45, 2.75) is 33.6 Å². The van der Waals surface area contributed by atoms with Crippen molar-refractivity contribution in [3.8, 4) is 0 Å². The van der Waals surface area contributed by atoms with Crippen molar-refractivity contribution in [3.63, 3.8) is 0 Å². The normalized spacial score (nSPS) is 23.7. The third-order valence-corrected chi connectivity index (χ3v) is 3.35. The van der Waals surface area contributed by atoms with Crippen molar-refractivity contribution in [1.82, 2.24) is 15.3 Å². The van der Waals surface area contributed by atoms with E-state index in [9.17, 15) is 4.79 Å². The number of aromatic nitrogens is 2. The monoisotopic (exact) mass is 248 g/mol. The van der Waals surface area contributed by atoms with Crippen LogP contribution >= 0.6 is 0 Å². The molecule has 1 aliphatic heterocycles. The Morgan fingerprint density at radius 2 is 2.06 bits per heavy atom. The molecule has 2 N–H and O–H groups in total. The van der Waals surface area contributed by atoms with Gasteiger partial charge in [0.2, 0.25) is 11.9 Å². The van der Waals surface area contributed by atoms with Crippen LogP contribution in [0.5, 0.6) is 0 Å². The summed E-state index contributed by atoms with van der Waals surface area (Å²) in [6.45, 7) is 7.48. The Bertz CT molecular complexity index is 432. The van der Waals surface area contributed by atoms with Crippen molar-refractivity contribution in [1.29, 1.82) is 0 Å². The SMILES string of the molecule is Cc1cc(C)nc(NC(=O)C2(C)CCCNC2)n1. The Labute approximate surface area is 107 Å². The average Bonchev–Trinajstić information content (AvgIpc) is 2.28. The summed E-state index contributed by atoms with van der Waals surface area (Å²) in [4.78, 5) is 20.8. The fourth-order valence-corrected chi connectivity index (χ4v) is 2.28. The highest BCUT2D eigenvalue weighted by Crippen LogP contribution is 2.26. The standard InChI is InChI=1S/C13H20N4O/c1-9-7-10(2)16-12(15-9)17-11(18)13(3)5-4-6-14-8-13/h7,14H,4-6,8H2,1-3H3,(H,15,16,17,18).